The number of para-hydroxylation sites is 2. The standard InChI is InChI=1S/C19H19BrN2OS/c1-19(2)9-13-17(14(23)10-19)18(15-7-8-16(20)24-15)22-12-6-4-3-5-11(12)21-13/h3-8,18,21-22H,9-10H2,1-2H3. The number of carbonyl (C=O) groups excluding carboxylic acids is 1. The van der Waals surface area contributed by atoms with Crippen LogP contribution in [0.4, 0.5) is 11.4 Å². The third-order valence-corrected chi connectivity index (χ3v) is 6.29. The summed E-state index contributed by atoms with van der Waals surface area (Å²) in [6.45, 7) is 4.33. The van der Waals surface area contributed by atoms with E-state index >= 15 is 0 Å². The van der Waals surface area contributed by atoms with Crippen LogP contribution in [0.1, 0.15) is 37.6 Å². The first-order valence-electron chi connectivity index (χ1n) is 8.07. The maximum atomic E-state index is 13.0. The van der Waals surface area contributed by atoms with Gasteiger partial charge in [-0.05, 0) is 52.0 Å². The number of thiophene rings is 1. The van der Waals surface area contributed by atoms with E-state index in [2.05, 4.69) is 58.6 Å². The van der Waals surface area contributed by atoms with E-state index in [1.165, 1.54) is 0 Å². The second-order valence-corrected chi connectivity index (χ2v) is 9.72. The smallest absolute Gasteiger partial charge is 0.163 e. The van der Waals surface area contributed by atoms with Gasteiger partial charge in [-0.1, -0.05) is 26.0 Å². The van der Waals surface area contributed by atoms with Crippen molar-refractivity contribution in [1.82, 2.24) is 0 Å². The van der Waals surface area contributed by atoms with Crippen LogP contribution in [0.3, 0.4) is 0 Å². The summed E-state index contributed by atoms with van der Waals surface area (Å²) in [5.41, 5.74) is 4.01. The van der Waals surface area contributed by atoms with Crippen LogP contribution in [0.5, 0.6) is 0 Å². The summed E-state index contributed by atoms with van der Waals surface area (Å²) < 4.78 is 1.08. The van der Waals surface area contributed by atoms with Crippen LogP contribution < -0.4 is 10.6 Å². The molecule has 0 spiro atoms. The number of carbonyl (C=O) groups is 1. The van der Waals surface area contributed by atoms with E-state index in [1.807, 2.05) is 18.2 Å². The summed E-state index contributed by atoms with van der Waals surface area (Å²) in [6.07, 6.45) is 1.47. The molecule has 0 amide bonds. The van der Waals surface area contributed by atoms with Gasteiger partial charge in [0.05, 0.1) is 21.2 Å². The molecule has 1 aromatic carbocycles. The van der Waals surface area contributed by atoms with Gasteiger partial charge in [0.15, 0.2) is 5.78 Å². The lowest BCUT2D eigenvalue weighted by atomic mass is 9.74. The molecule has 2 N–H and O–H groups in total. The molecule has 0 saturated carbocycles. The van der Waals surface area contributed by atoms with E-state index in [9.17, 15) is 4.79 Å². The minimum atomic E-state index is -0.101. The van der Waals surface area contributed by atoms with Crippen molar-refractivity contribution in [2.45, 2.75) is 32.7 Å². The molecule has 2 heterocycles. The maximum absolute atomic E-state index is 13.0. The monoisotopic (exact) mass is 402 g/mol. The van der Waals surface area contributed by atoms with E-state index in [1.54, 1.807) is 11.3 Å². The molecule has 124 valence electrons. The number of halogens is 1. The van der Waals surface area contributed by atoms with Crippen molar-refractivity contribution in [3.63, 3.8) is 0 Å². The molecule has 4 rings (SSSR count). The zero-order valence-corrected chi connectivity index (χ0v) is 16.1. The molecule has 3 nitrogen and oxygen atoms in total. The van der Waals surface area contributed by atoms with Crippen molar-refractivity contribution >= 4 is 44.4 Å². The summed E-state index contributed by atoms with van der Waals surface area (Å²) in [4.78, 5) is 14.1. The largest absolute Gasteiger partial charge is 0.372 e. The Kier molecular flexibility index (Phi) is 3.81. The molecular formula is C19H19BrN2OS. The molecule has 1 atom stereocenters. The molecular weight excluding hydrogens is 384 g/mol. The molecule has 0 radical (unpaired) electrons. The lowest BCUT2D eigenvalue weighted by Gasteiger charge is -2.33. The Morgan fingerprint density at radius 3 is 2.58 bits per heavy atom. The van der Waals surface area contributed by atoms with E-state index in [-0.39, 0.29) is 17.2 Å². The second-order valence-electron chi connectivity index (χ2n) is 7.22. The number of benzene rings is 1. The number of hydrogen-bond acceptors (Lipinski definition) is 4. The third kappa shape index (κ3) is 2.80. The Bertz CT molecular complexity index is 853. The first kappa shape index (κ1) is 15.9. The van der Waals surface area contributed by atoms with Gasteiger partial charge in [0, 0.05) is 22.6 Å². The van der Waals surface area contributed by atoms with E-state index in [0.717, 1.165) is 37.7 Å². The molecule has 2 aliphatic rings. The number of ketones is 1. The lowest BCUT2D eigenvalue weighted by molar-refractivity contribution is -0.118. The predicted molar refractivity (Wildman–Crippen MR) is 103 cm³/mol. The van der Waals surface area contributed by atoms with E-state index < -0.39 is 0 Å². The van der Waals surface area contributed by atoms with Crippen LogP contribution in [0.15, 0.2) is 51.5 Å². The highest BCUT2D eigenvalue weighted by Crippen LogP contribution is 2.46. The summed E-state index contributed by atoms with van der Waals surface area (Å²) in [5, 5.41) is 7.14. The van der Waals surface area contributed by atoms with Gasteiger partial charge >= 0.3 is 0 Å². The van der Waals surface area contributed by atoms with Crippen LogP contribution >= 0.6 is 27.3 Å². The van der Waals surface area contributed by atoms with Crippen LogP contribution in [0.25, 0.3) is 0 Å². The van der Waals surface area contributed by atoms with E-state index in [0.29, 0.717) is 6.42 Å². The fourth-order valence-electron chi connectivity index (χ4n) is 3.59. The number of fused-ring (bicyclic) bond motifs is 1. The van der Waals surface area contributed by atoms with Gasteiger partial charge in [-0.3, -0.25) is 4.79 Å². The quantitative estimate of drug-likeness (QED) is 0.639. The Morgan fingerprint density at radius 1 is 1.12 bits per heavy atom. The highest BCUT2D eigenvalue weighted by molar-refractivity contribution is 9.11. The first-order valence-corrected chi connectivity index (χ1v) is 9.68. The molecule has 1 aromatic heterocycles. The van der Waals surface area contributed by atoms with Gasteiger partial charge < -0.3 is 10.6 Å². The van der Waals surface area contributed by atoms with Gasteiger partial charge in [-0.2, -0.15) is 0 Å². The number of rotatable bonds is 1. The fourth-order valence-corrected chi connectivity index (χ4v) is 5.07. The normalized spacial score (nSPS) is 22.1. The van der Waals surface area contributed by atoms with Crippen LogP contribution in [0, 0.1) is 5.41 Å². The minimum absolute atomic E-state index is 0.0111. The van der Waals surface area contributed by atoms with Gasteiger partial charge in [0.25, 0.3) is 0 Å². The van der Waals surface area contributed by atoms with Gasteiger partial charge in [-0.15, -0.1) is 11.3 Å². The molecule has 0 bridgehead atoms. The van der Waals surface area contributed by atoms with Gasteiger partial charge in [-0.25, -0.2) is 0 Å². The highest BCUT2D eigenvalue weighted by atomic mass is 79.9. The number of hydrogen-bond donors (Lipinski definition) is 2. The van der Waals surface area contributed by atoms with Crippen molar-refractivity contribution in [3.05, 3.63) is 56.3 Å². The zero-order valence-electron chi connectivity index (χ0n) is 13.7. The van der Waals surface area contributed by atoms with Crippen molar-refractivity contribution in [2.24, 2.45) is 5.41 Å². The summed E-state index contributed by atoms with van der Waals surface area (Å²) >= 11 is 5.22. The Hall–Kier alpha value is -1.59. The van der Waals surface area contributed by atoms with Crippen molar-refractivity contribution < 1.29 is 4.79 Å². The van der Waals surface area contributed by atoms with Gasteiger partial charge in [0.1, 0.15) is 0 Å². The third-order valence-electron chi connectivity index (χ3n) is 4.60. The van der Waals surface area contributed by atoms with Crippen molar-refractivity contribution in [2.75, 3.05) is 10.6 Å². The molecule has 1 aliphatic carbocycles. The maximum Gasteiger partial charge on any atom is 0.163 e. The fraction of sp³-hybridized carbons (Fsp3) is 0.316. The zero-order chi connectivity index (χ0) is 16.9. The number of Topliss-reactive ketones (excluding diaryl/α,β-unsaturated/α-hetero) is 1. The average molecular weight is 403 g/mol. The summed E-state index contributed by atoms with van der Waals surface area (Å²) in [5.74, 6) is 0.239. The van der Waals surface area contributed by atoms with Crippen LogP contribution in [-0.4, -0.2) is 5.78 Å². The van der Waals surface area contributed by atoms with Crippen LogP contribution in [-0.2, 0) is 4.79 Å². The molecule has 2 aromatic rings. The molecule has 0 fully saturated rings. The summed E-state index contributed by atoms with van der Waals surface area (Å²) in [7, 11) is 0. The number of nitrogens with one attached hydrogen (secondary N) is 2. The number of anilines is 2. The SMILES string of the molecule is CC1(C)CC(=O)C2=C(C1)Nc1ccccc1NC2c1ccc(Br)s1. The predicted octanol–water partition coefficient (Wildman–Crippen LogP) is 5.73. The molecule has 0 saturated heterocycles. The molecule has 24 heavy (non-hydrogen) atoms. The minimum Gasteiger partial charge on any atom is -0.372 e. The topological polar surface area (TPSA) is 41.1 Å². The summed E-state index contributed by atoms with van der Waals surface area (Å²) in [6, 6.07) is 12.2. The lowest BCUT2D eigenvalue weighted by Crippen LogP contribution is -2.31. The molecule has 1 aliphatic heterocycles. The number of allylic oxidation sites excluding steroid dienone is 1. The molecule has 1 unspecified atom stereocenters. The first-order chi connectivity index (χ1) is 11.4. The molecule has 5 heteroatoms. The van der Waals surface area contributed by atoms with Crippen molar-refractivity contribution in [3.8, 4) is 0 Å². The highest BCUT2D eigenvalue weighted by Gasteiger charge is 2.38. The Labute approximate surface area is 154 Å². The average Bonchev–Trinajstić information content (AvgIpc) is 2.85. The second kappa shape index (κ2) is 5.74. The van der Waals surface area contributed by atoms with Crippen molar-refractivity contribution in [1.29, 1.82) is 0 Å². The Morgan fingerprint density at radius 2 is 1.88 bits per heavy atom. The van der Waals surface area contributed by atoms with Crippen LogP contribution in [0.2, 0.25) is 0 Å². The van der Waals surface area contributed by atoms with E-state index in [4.69, 9.17) is 0 Å². The Balaban J connectivity index is 1.88. The van der Waals surface area contributed by atoms with Gasteiger partial charge in [0.2, 0.25) is 0 Å².